The van der Waals surface area contributed by atoms with Crippen LogP contribution in [0.1, 0.15) is 55.8 Å². The Balaban J connectivity index is 1.44. The number of rotatable bonds is 9. The van der Waals surface area contributed by atoms with Crippen molar-refractivity contribution in [1.29, 1.82) is 0 Å². The minimum atomic E-state index is -0.504. The van der Waals surface area contributed by atoms with Crippen LogP contribution in [0.3, 0.4) is 0 Å². The summed E-state index contributed by atoms with van der Waals surface area (Å²) in [5.41, 5.74) is 2.23. The molecule has 2 heterocycles. The number of carbonyl (C=O) groups is 1. The highest BCUT2D eigenvalue weighted by Crippen LogP contribution is 2.57. The normalized spacial score (nSPS) is 28.3. The Morgan fingerprint density at radius 2 is 2.08 bits per heavy atom. The number of likely N-dealkylation sites (N-methyl/N-ethyl adjacent to an activating group) is 2. The average molecular weight is 514 g/mol. The smallest absolute Gasteiger partial charge is 0.225 e. The average Bonchev–Trinajstić information content (AvgIpc) is 3.24. The molecular weight excluding hydrogens is 470 g/mol. The van der Waals surface area contributed by atoms with Gasteiger partial charge in [-0.25, -0.2) is 4.98 Å². The number of nitrogens with zero attached hydrogens (tertiary/aromatic N) is 4. The van der Waals surface area contributed by atoms with Crippen LogP contribution in [0.15, 0.2) is 24.4 Å². The van der Waals surface area contributed by atoms with E-state index in [1.807, 2.05) is 57.4 Å². The van der Waals surface area contributed by atoms with Crippen LogP contribution < -0.4 is 5.32 Å². The van der Waals surface area contributed by atoms with Gasteiger partial charge in [0.05, 0.1) is 11.8 Å². The Bertz CT molecular complexity index is 1030. The molecule has 1 fully saturated rings. The lowest BCUT2D eigenvalue weighted by Crippen LogP contribution is -2.53. The van der Waals surface area contributed by atoms with Gasteiger partial charge in [0.1, 0.15) is 0 Å². The number of fused-ring (bicyclic) bond motifs is 2. The summed E-state index contributed by atoms with van der Waals surface area (Å²) in [5, 5.41) is 16.2. The molecule has 2 N–H and O–H groups in total. The number of thiazole rings is 1. The molecule has 0 aliphatic heterocycles. The molecule has 7 nitrogen and oxygen atoms in total. The maximum absolute atomic E-state index is 13.2. The molecule has 2 aromatic heterocycles. The van der Waals surface area contributed by atoms with E-state index in [4.69, 9.17) is 4.98 Å². The number of aliphatic hydroxyl groups excluding tert-OH is 1. The third-order valence-electron chi connectivity index (χ3n) is 8.60. The molecule has 2 aliphatic carbocycles. The van der Waals surface area contributed by atoms with E-state index in [1.165, 1.54) is 4.88 Å². The number of aliphatic hydroxyl groups is 1. The highest BCUT2D eigenvalue weighted by molar-refractivity contribution is 7.15. The summed E-state index contributed by atoms with van der Waals surface area (Å²) >= 11 is 1.76. The number of hydrogen-bond donors (Lipinski definition) is 2. The zero-order valence-electron chi connectivity index (χ0n) is 22.7. The van der Waals surface area contributed by atoms with Gasteiger partial charge in [0.15, 0.2) is 5.13 Å². The van der Waals surface area contributed by atoms with Crippen molar-refractivity contribution >= 4 is 22.4 Å². The summed E-state index contributed by atoms with van der Waals surface area (Å²) < 4.78 is 0. The SMILES string of the molecule is CC(C(=O)N(C)CCN(C)C)C1CCC2(C)Cc3sc(NCCc4ccccn4)nc3C(C)C2C1O. The van der Waals surface area contributed by atoms with Gasteiger partial charge in [-0.1, -0.05) is 26.8 Å². The third-order valence-corrected chi connectivity index (χ3v) is 9.63. The zero-order valence-corrected chi connectivity index (χ0v) is 23.5. The van der Waals surface area contributed by atoms with Crippen LogP contribution in [-0.4, -0.2) is 77.7 Å². The molecule has 0 bridgehead atoms. The molecule has 36 heavy (non-hydrogen) atoms. The van der Waals surface area contributed by atoms with Crippen molar-refractivity contribution in [2.75, 3.05) is 46.1 Å². The van der Waals surface area contributed by atoms with Gasteiger partial charge in [0, 0.05) is 61.7 Å². The molecule has 4 rings (SSSR count). The zero-order chi connectivity index (χ0) is 26.0. The Kier molecular flexibility index (Phi) is 8.37. The van der Waals surface area contributed by atoms with Gasteiger partial charge in [0.25, 0.3) is 0 Å². The van der Waals surface area contributed by atoms with E-state index in [0.717, 1.165) is 55.3 Å². The number of anilines is 1. The van der Waals surface area contributed by atoms with Gasteiger partial charge in [-0.05, 0) is 62.7 Å². The van der Waals surface area contributed by atoms with E-state index in [-0.39, 0.29) is 35.0 Å². The number of hydrogen-bond acceptors (Lipinski definition) is 7. The first-order valence-electron chi connectivity index (χ1n) is 13.3. The predicted octanol–water partition coefficient (Wildman–Crippen LogP) is 3.90. The molecule has 8 heteroatoms. The lowest BCUT2D eigenvalue weighted by molar-refractivity contribution is -0.143. The molecule has 1 saturated carbocycles. The first-order valence-corrected chi connectivity index (χ1v) is 14.1. The lowest BCUT2D eigenvalue weighted by Gasteiger charge is -2.53. The van der Waals surface area contributed by atoms with Crippen molar-refractivity contribution in [3.05, 3.63) is 40.7 Å². The van der Waals surface area contributed by atoms with Crippen LogP contribution >= 0.6 is 11.3 Å². The second-order valence-corrected chi connectivity index (χ2v) is 12.6. The van der Waals surface area contributed by atoms with E-state index in [2.05, 4.69) is 29.0 Å². The van der Waals surface area contributed by atoms with Crippen LogP contribution in [-0.2, 0) is 17.6 Å². The van der Waals surface area contributed by atoms with Crippen molar-refractivity contribution in [3.8, 4) is 0 Å². The lowest BCUT2D eigenvalue weighted by atomic mass is 9.53. The highest BCUT2D eigenvalue weighted by Gasteiger charge is 2.54. The van der Waals surface area contributed by atoms with Crippen LogP contribution in [0, 0.1) is 23.2 Å². The van der Waals surface area contributed by atoms with Gasteiger partial charge < -0.3 is 20.2 Å². The molecule has 6 unspecified atom stereocenters. The van der Waals surface area contributed by atoms with Crippen molar-refractivity contribution in [1.82, 2.24) is 19.8 Å². The molecular formula is C28H43N5O2S. The van der Waals surface area contributed by atoms with Crippen LogP contribution in [0.2, 0.25) is 0 Å². The number of pyridine rings is 1. The molecule has 6 atom stereocenters. The first-order chi connectivity index (χ1) is 17.1. The fourth-order valence-electron chi connectivity index (χ4n) is 6.46. The Labute approximate surface area is 220 Å². The maximum Gasteiger partial charge on any atom is 0.225 e. The summed E-state index contributed by atoms with van der Waals surface area (Å²) in [5.74, 6) is 0.199. The monoisotopic (exact) mass is 513 g/mol. The Hall–Kier alpha value is -2.03. The van der Waals surface area contributed by atoms with Crippen LogP contribution in [0.25, 0.3) is 0 Å². The van der Waals surface area contributed by atoms with E-state index in [1.54, 1.807) is 11.3 Å². The van der Waals surface area contributed by atoms with Gasteiger partial charge in [0.2, 0.25) is 5.91 Å². The Morgan fingerprint density at radius 1 is 1.31 bits per heavy atom. The van der Waals surface area contributed by atoms with Gasteiger partial charge >= 0.3 is 0 Å². The molecule has 0 spiro atoms. The summed E-state index contributed by atoms with van der Waals surface area (Å²) in [6.45, 7) is 8.90. The van der Waals surface area contributed by atoms with E-state index in [9.17, 15) is 9.90 Å². The van der Waals surface area contributed by atoms with Crippen molar-refractivity contribution in [2.45, 2.75) is 58.5 Å². The molecule has 1 amide bonds. The number of amides is 1. The van der Waals surface area contributed by atoms with Gasteiger partial charge in [-0.3, -0.25) is 9.78 Å². The summed E-state index contributed by atoms with van der Waals surface area (Å²) in [6, 6.07) is 6.00. The van der Waals surface area contributed by atoms with Crippen LogP contribution in [0.4, 0.5) is 5.13 Å². The fourth-order valence-corrected chi connectivity index (χ4v) is 7.75. The molecule has 2 aliphatic rings. The Morgan fingerprint density at radius 3 is 2.78 bits per heavy atom. The third kappa shape index (κ3) is 5.60. The summed E-state index contributed by atoms with van der Waals surface area (Å²) in [6.07, 6.45) is 5.05. The maximum atomic E-state index is 13.2. The standard InChI is InChI=1S/C28H43N5O2S/c1-18(26(35)33(6)16-15-32(4)5)21-10-12-28(3)17-22-24(19(2)23(28)25(21)34)31-27(36-22)30-14-11-20-9-7-8-13-29-20/h7-9,13,18-19,21,23,25,34H,10-12,14-17H2,1-6H3,(H,30,31). The largest absolute Gasteiger partial charge is 0.392 e. The highest BCUT2D eigenvalue weighted by atomic mass is 32.1. The van der Waals surface area contributed by atoms with Gasteiger partial charge in [-0.15, -0.1) is 11.3 Å². The molecule has 198 valence electrons. The number of aromatic nitrogens is 2. The molecule has 0 aromatic carbocycles. The second kappa shape index (κ2) is 11.2. The molecule has 2 aromatic rings. The molecule has 0 radical (unpaired) electrons. The predicted molar refractivity (Wildman–Crippen MR) is 146 cm³/mol. The quantitative estimate of drug-likeness (QED) is 0.529. The van der Waals surface area contributed by atoms with E-state index < -0.39 is 6.10 Å². The van der Waals surface area contributed by atoms with Crippen LogP contribution in [0.5, 0.6) is 0 Å². The minimum absolute atomic E-state index is 0.0176. The topological polar surface area (TPSA) is 81.6 Å². The minimum Gasteiger partial charge on any atom is -0.392 e. The number of carbonyl (C=O) groups excluding carboxylic acids is 1. The van der Waals surface area contributed by atoms with Crippen molar-refractivity contribution in [2.24, 2.45) is 23.2 Å². The molecule has 0 saturated heterocycles. The van der Waals surface area contributed by atoms with Crippen molar-refractivity contribution < 1.29 is 9.90 Å². The fraction of sp³-hybridized carbons (Fsp3) is 0.679. The first kappa shape index (κ1) is 27.0. The summed E-state index contributed by atoms with van der Waals surface area (Å²) in [7, 11) is 5.92. The van der Waals surface area contributed by atoms with Crippen molar-refractivity contribution in [3.63, 3.8) is 0 Å². The van der Waals surface area contributed by atoms with E-state index in [0.29, 0.717) is 6.54 Å². The summed E-state index contributed by atoms with van der Waals surface area (Å²) in [4.78, 5) is 27.9. The van der Waals surface area contributed by atoms with E-state index >= 15 is 0 Å². The number of nitrogens with one attached hydrogen (secondary N) is 1. The second-order valence-electron chi connectivity index (χ2n) is 11.5. The van der Waals surface area contributed by atoms with Gasteiger partial charge in [-0.2, -0.15) is 0 Å².